The summed E-state index contributed by atoms with van der Waals surface area (Å²) in [5, 5.41) is 11.3. The van der Waals surface area contributed by atoms with Crippen LogP contribution in [0.15, 0.2) is 24.3 Å². The number of nitrogens with one attached hydrogen (secondary N) is 1. The Morgan fingerprint density at radius 1 is 1.19 bits per heavy atom. The number of benzene rings is 1. The van der Waals surface area contributed by atoms with Gasteiger partial charge in [0, 0.05) is 19.2 Å². The van der Waals surface area contributed by atoms with Crippen LogP contribution in [0.1, 0.15) is 38.5 Å². The fourth-order valence-corrected chi connectivity index (χ4v) is 3.07. The number of hydrogen-bond donors (Lipinski definition) is 2. The number of amides is 2. The summed E-state index contributed by atoms with van der Waals surface area (Å²) in [6.45, 7) is -0.460. The van der Waals surface area contributed by atoms with Gasteiger partial charge in [0.15, 0.2) is 6.61 Å². The van der Waals surface area contributed by atoms with E-state index in [1.807, 2.05) is 0 Å². The summed E-state index contributed by atoms with van der Waals surface area (Å²) in [6, 6.07) is 6.53. The van der Waals surface area contributed by atoms with Crippen LogP contribution >= 0.6 is 0 Å². The number of carboxylic acids is 1. The summed E-state index contributed by atoms with van der Waals surface area (Å²) in [7, 11) is 1.63. The molecule has 0 bridgehead atoms. The third-order valence-electron chi connectivity index (χ3n) is 4.65. The smallest absolute Gasteiger partial charge is 0.341 e. The Labute approximate surface area is 153 Å². The minimum atomic E-state index is -1.05. The molecule has 1 aromatic rings. The zero-order valence-electron chi connectivity index (χ0n) is 15.1. The molecular weight excluding hydrogens is 336 g/mol. The predicted molar refractivity (Wildman–Crippen MR) is 97.2 cm³/mol. The van der Waals surface area contributed by atoms with Crippen molar-refractivity contribution >= 4 is 23.5 Å². The van der Waals surface area contributed by atoms with E-state index in [4.69, 9.17) is 9.84 Å². The first-order valence-electron chi connectivity index (χ1n) is 8.93. The first-order chi connectivity index (χ1) is 12.5. The monoisotopic (exact) mass is 362 g/mol. The predicted octanol–water partition coefficient (Wildman–Crippen LogP) is 2.20. The lowest BCUT2D eigenvalue weighted by molar-refractivity contribution is -0.139. The molecule has 26 heavy (non-hydrogen) atoms. The largest absolute Gasteiger partial charge is 0.482 e. The molecule has 7 nitrogen and oxygen atoms in total. The Bertz CT molecular complexity index is 623. The van der Waals surface area contributed by atoms with E-state index in [1.165, 1.54) is 30.6 Å². The van der Waals surface area contributed by atoms with Gasteiger partial charge in [-0.05, 0) is 36.6 Å². The maximum atomic E-state index is 12.2. The van der Waals surface area contributed by atoms with Crippen LogP contribution in [-0.2, 0) is 14.4 Å². The normalized spacial score (nSPS) is 14.0. The summed E-state index contributed by atoms with van der Waals surface area (Å²) < 4.78 is 5.05. The first kappa shape index (κ1) is 19.8. The van der Waals surface area contributed by atoms with Gasteiger partial charge >= 0.3 is 5.97 Å². The maximum Gasteiger partial charge on any atom is 0.341 e. The van der Waals surface area contributed by atoms with Gasteiger partial charge in [0.2, 0.25) is 11.8 Å². The molecule has 2 N–H and O–H groups in total. The number of likely N-dealkylation sites (N-methyl/N-ethyl adjacent to an activating group) is 1. The van der Waals surface area contributed by atoms with Crippen LogP contribution in [0.2, 0.25) is 0 Å². The van der Waals surface area contributed by atoms with Crippen molar-refractivity contribution < 1.29 is 24.2 Å². The number of ether oxygens (including phenoxy) is 1. The first-order valence-corrected chi connectivity index (χ1v) is 8.93. The van der Waals surface area contributed by atoms with E-state index < -0.39 is 12.6 Å². The molecule has 1 aliphatic carbocycles. The second kappa shape index (κ2) is 9.79. The Hall–Kier alpha value is -2.57. The van der Waals surface area contributed by atoms with Gasteiger partial charge in [-0.25, -0.2) is 4.79 Å². The van der Waals surface area contributed by atoms with Gasteiger partial charge < -0.3 is 20.1 Å². The molecule has 0 spiro atoms. The molecule has 0 aromatic heterocycles. The number of carbonyl (C=O) groups is 3. The van der Waals surface area contributed by atoms with Crippen molar-refractivity contribution in [1.29, 1.82) is 0 Å². The van der Waals surface area contributed by atoms with Gasteiger partial charge in [-0.3, -0.25) is 9.59 Å². The lowest BCUT2D eigenvalue weighted by atomic mass is 10.0. The quantitative estimate of drug-likeness (QED) is 0.702. The highest BCUT2D eigenvalue weighted by Crippen LogP contribution is 2.28. The van der Waals surface area contributed by atoms with E-state index in [-0.39, 0.29) is 18.4 Å². The van der Waals surface area contributed by atoms with Gasteiger partial charge in [-0.2, -0.15) is 0 Å². The van der Waals surface area contributed by atoms with Crippen molar-refractivity contribution in [3.8, 4) is 5.75 Å². The van der Waals surface area contributed by atoms with E-state index in [0.717, 1.165) is 6.42 Å². The number of carboxylic acid groups (broad SMARTS) is 1. The Balaban J connectivity index is 1.73. The van der Waals surface area contributed by atoms with Crippen LogP contribution in [0.25, 0.3) is 0 Å². The molecule has 1 saturated carbocycles. The number of carbonyl (C=O) groups excluding carboxylic acids is 2. The van der Waals surface area contributed by atoms with E-state index >= 15 is 0 Å². The molecule has 0 heterocycles. The van der Waals surface area contributed by atoms with Crippen LogP contribution < -0.4 is 15.0 Å². The Morgan fingerprint density at radius 2 is 1.85 bits per heavy atom. The molecular formula is C19H26N2O5. The van der Waals surface area contributed by atoms with E-state index in [0.29, 0.717) is 23.8 Å². The topological polar surface area (TPSA) is 95.9 Å². The second-order valence-electron chi connectivity index (χ2n) is 6.59. The molecule has 1 aromatic carbocycles. The van der Waals surface area contributed by atoms with Crippen molar-refractivity contribution in [2.24, 2.45) is 5.92 Å². The van der Waals surface area contributed by atoms with Crippen LogP contribution in [0.5, 0.6) is 5.75 Å². The summed E-state index contributed by atoms with van der Waals surface area (Å²) >= 11 is 0. The average Bonchev–Trinajstić information content (AvgIpc) is 3.16. The molecule has 142 valence electrons. The molecule has 0 aliphatic heterocycles. The van der Waals surface area contributed by atoms with Crippen LogP contribution in [-0.4, -0.2) is 43.1 Å². The standard InChI is InChI=1S/C19H26N2O5/c1-21(15-7-9-16(10-8-15)26-13-19(24)25)18(23)12-20-17(22)11-6-14-4-2-3-5-14/h7-10,14H,2-6,11-13H2,1H3,(H,20,22)(H,24,25). The summed E-state index contributed by atoms with van der Waals surface area (Å²) in [5.74, 6) is -0.294. The zero-order valence-corrected chi connectivity index (χ0v) is 15.1. The molecule has 2 amide bonds. The molecule has 0 radical (unpaired) electrons. The van der Waals surface area contributed by atoms with Gasteiger partial charge in [-0.15, -0.1) is 0 Å². The summed E-state index contributed by atoms with van der Waals surface area (Å²) in [6.07, 6.45) is 6.30. The second-order valence-corrected chi connectivity index (χ2v) is 6.59. The van der Waals surface area contributed by atoms with Crippen molar-refractivity contribution in [1.82, 2.24) is 5.32 Å². The Morgan fingerprint density at radius 3 is 2.46 bits per heavy atom. The fraction of sp³-hybridized carbons (Fsp3) is 0.526. The van der Waals surface area contributed by atoms with Gasteiger partial charge in [0.25, 0.3) is 0 Å². The van der Waals surface area contributed by atoms with Crippen LogP contribution in [0, 0.1) is 5.92 Å². The molecule has 7 heteroatoms. The number of aliphatic carboxylic acids is 1. The highest BCUT2D eigenvalue weighted by molar-refractivity contribution is 5.96. The fourth-order valence-electron chi connectivity index (χ4n) is 3.07. The summed E-state index contributed by atoms with van der Waals surface area (Å²) in [4.78, 5) is 36.0. The van der Waals surface area contributed by atoms with Gasteiger partial charge in [0.05, 0.1) is 6.54 Å². The van der Waals surface area contributed by atoms with E-state index in [2.05, 4.69) is 5.32 Å². The molecule has 2 rings (SSSR count). The lowest BCUT2D eigenvalue weighted by Crippen LogP contribution is -2.38. The Kier molecular flexibility index (Phi) is 7.44. The van der Waals surface area contributed by atoms with Crippen molar-refractivity contribution in [2.45, 2.75) is 38.5 Å². The van der Waals surface area contributed by atoms with Crippen molar-refractivity contribution in [3.05, 3.63) is 24.3 Å². The summed E-state index contributed by atoms with van der Waals surface area (Å²) in [5.41, 5.74) is 0.637. The number of rotatable bonds is 9. The van der Waals surface area contributed by atoms with E-state index in [9.17, 15) is 14.4 Å². The van der Waals surface area contributed by atoms with Gasteiger partial charge in [0.1, 0.15) is 5.75 Å². The van der Waals surface area contributed by atoms with Gasteiger partial charge in [-0.1, -0.05) is 25.7 Å². The highest BCUT2D eigenvalue weighted by atomic mass is 16.5. The van der Waals surface area contributed by atoms with Crippen molar-refractivity contribution in [2.75, 3.05) is 25.1 Å². The van der Waals surface area contributed by atoms with Crippen LogP contribution in [0.4, 0.5) is 5.69 Å². The molecule has 1 aliphatic rings. The maximum absolute atomic E-state index is 12.2. The van der Waals surface area contributed by atoms with Crippen LogP contribution in [0.3, 0.4) is 0 Å². The minimum Gasteiger partial charge on any atom is -0.482 e. The number of anilines is 1. The third-order valence-corrected chi connectivity index (χ3v) is 4.65. The number of hydrogen-bond acceptors (Lipinski definition) is 4. The molecule has 1 fully saturated rings. The highest BCUT2D eigenvalue weighted by Gasteiger charge is 2.17. The molecule has 0 unspecified atom stereocenters. The van der Waals surface area contributed by atoms with E-state index in [1.54, 1.807) is 31.3 Å². The lowest BCUT2D eigenvalue weighted by Gasteiger charge is -2.18. The minimum absolute atomic E-state index is 0.0444. The van der Waals surface area contributed by atoms with Crippen molar-refractivity contribution in [3.63, 3.8) is 0 Å². The SMILES string of the molecule is CN(C(=O)CNC(=O)CCC1CCCC1)c1ccc(OCC(=O)O)cc1. The average molecular weight is 362 g/mol. The zero-order chi connectivity index (χ0) is 18.9. The molecule has 0 saturated heterocycles. The third kappa shape index (κ3) is 6.38. The number of nitrogens with zero attached hydrogens (tertiary/aromatic N) is 1. The molecule has 0 atom stereocenters.